The van der Waals surface area contributed by atoms with E-state index in [0.717, 1.165) is 16.5 Å². The molecule has 0 N–H and O–H groups in total. The standard InChI is InChI=1S/C35H33N3O5S/c1-5-42-32-26(16-12-18-28(32)41-4)31-30(34(40)43-6-2)22(3)36-35-38(31)33(39)29(44-35)19-24-21-37(20-23-13-8-7-9-14-23)27-17-11-10-15-25(24)27/h7-19,21,31H,5-6,20H2,1-4H3/b29-19+/t31-/m0/s1. The lowest BCUT2D eigenvalue weighted by Gasteiger charge is -2.26. The van der Waals surface area contributed by atoms with Crippen molar-refractivity contribution in [2.45, 2.75) is 33.4 Å². The maximum Gasteiger partial charge on any atom is 0.338 e. The van der Waals surface area contributed by atoms with Crippen molar-refractivity contribution in [2.75, 3.05) is 20.3 Å². The first kappa shape index (κ1) is 29.2. The molecule has 0 saturated heterocycles. The van der Waals surface area contributed by atoms with Gasteiger partial charge >= 0.3 is 5.97 Å². The van der Waals surface area contributed by atoms with Crippen molar-refractivity contribution >= 4 is 34.3 Å². The number of benzene rings is 3. The second kappa shape index (κ2) is 12.4. The fourth-order valence-corrected chi connectivity index (χ4v) is 6.77. The minimum atomic E-state index is -0.816. The van der Waals surface area contributed by atoms with Crippen molar-refractivity contribution in [2.24, 2.45) is 4.99 Å². The predicted molar refractivity (Wildman–Crippen MR) is 172 cm³/mol. The Hall–Kier alpha value is -4.89. The van der Waals surface area contributed by atoms with E-state index in [9.17, 15) is 9.59 Å². The summed E-state index contributed by atoms with van der Waals surface area (Å²) in [6.07, 6.45) is 4.00. The summed E-state index contributed by atoms with van der Waals surface area (Å²) in [6, 6.07) is 23.1. The Morgan fingerprint density at radius 1 is 1.00 bits per heavy atom. The van der Waals surface area contributed by atoms with E-state index in [4.69, 9.17) is 19.2 Å². The summed E-state index contributed by atoms with van der Waals surface area (Å²) in [6.45, 7) is 6.67. The van der Waals surface area contributed by atoms with Crippen molar-refractivity contribution in [3.63, 3.8) is 0 Å². The monoisotopic (exact) mass is 607 g/mol. The number of carbonyl (C=O) groups excluding carboxylic acids is 1. The lowest BCUT2D eigenvalue weighted by molar-refractivity contribution is -0.139. The van der Waals surface area contributed by atoms with E-state index < -0.39 is 12.0 Å². The molecular formula is C35H33N3O5S. The highest BCUT2D eigenvalue weighted by molar-refractivity contribution is 7.07. The number of rotatable bonds is 9. The number of carbonyl (C=O) groups is 1. The van der Waals surface area contributed by atoms with Gasteiger partial charge in [0.1, 0.15) is 6.04 Å². The summed E-state index contributed by atoms with van der Waals surface area (Å²) in [5.74, 6) is 0.454. The lowest BCUT2D eigenvalue weighted by Crippen LogP contribution is -2.40. The summed E-state index contributed by atoms with van der Waals surface area (Å²) in [4.78, 5) is 32.9. The molecule has 3 aromatic carbocycles. The van der Waals surface area contributed by atoms with E-state index in [1.807, 2.05) is 55.5 Å². The van der Waals surface area contributed by atoms with Crippen LogP contribution in [0.25, 0.3) is 17.0 Å². The van der Waals surface area contributed by atoms with E-state index in [-0.39, 0.29) is 12.2 Å². The van der Waals surface area contributed by atoms with Gasteiger partial charge in [-0.3, -0.25) is 9.36 Å². The van der Waals surface area contributed by atoms with Crippen LogP contribution >= 0.6 is 11.3 Å². The van der Waals surface area contributed by atoms with E-state index in [0.29, 0.717) is 50.8 Å². The Morgan fingerprint density at radius 2 is 1.77 bits per heavy atom. The first-order chi connectivity index (χ1) is 21.4. The number of hydrogen-bond acceptors (Lipinski definition) is 7. The Labute approximate surface area is 258 Å². The third-order valence-corrected chi connectivity index (χ3v) is 8.61. The van der Waals surface area contributed by atoms with Crippen molar-refractivity contribution in [3.8, 4) is 11.5 Å². The average molecular weight is 608 g/mol. The smallest absolute Gasteiger partial charge is 0.338 e. The van der Waals surface area contributed by atoms with Crippen LogP contribution in [0.5, 0.6) is 11.5 Å². The molecule has 3 heterocycles. The minimum absolute atomic E-state index is 0.191. The number of para-hydroxylation sites is 2. The van der Waals surface area contributed by atoms with Gasteiger partial charge in [0.2, 0.25) is 0 Å². The van der Waals surface area contributed by atoms with Crippen LogP contribution < -0.4 is 24.4 Å². The largest absolute Gasteiger partial charge is 0.493 e. The zero-order valence-electron chi connectivity index (χ0n) is 25.1. The second-order valence-corrected chi connectivity index (χ2v) is 11.3. The highest BCUT2D eigenvalue weighted by atomic mass is 32.1. The van der Waals surface area contributed by atoms with Crippen molar-refractivity contribution in [1.29, 1.82) is 0 Å². The molecule has 0 fully saturated rings. The lowest BCUT2D eigenvalue weighted by atomic mass is 9.94. The van der Waals surface area contributed by atoms with Crippen LogP contribution in [-0.4, -0.2) is 35.4 Å². The zero-order chi connectivity index (χ0) is 30.8. The molecule has 2 aromatic heterocycles. The van der Waals surface area contributed by atoms with Gasteiger partial charge in [0, 0.05) is 34.8 Å². The molecule has 0 amide bonds. The first-order valence-electron chi connectivity index (χ1n) is 14.6. The molecular weight excluding hydrogens is 574 g/mol. The third kappa shape index (κ3) is 5.24. The molecule has 6 rings (SSSR count). The molecule has 0 unspecified atom stereocenters. The average Bonchev–Trinajstić information content (AvgIpc) is 3.53. The Morgan fingerprint density at radius 3 is 2.52 bits per heavy atom. The number of ether oxygens (including phenoxy) is 3. The van der Waals surface area contributed by atoms with Crippen molar-refractivity contribution in [3.05, 3.63) is 127 Å². The summed E-state index contributed by atoms with van der Waals surface area (Å²) >= 11 is 1.30. The molecule has 0 saturated carbocycles. The maximum absolute atomic E-state index is 14.3. The molecule has 5 aromatic rings. The van der Waals surface area contributed by atoms with Gasteiger partial charge in [0.15, 0.2) is 16.3 Å². The normalized spacial score (nSPS) is 14.8. The Balaban J connectivity index is 1.56. The zero-order valence-corrected chi connectivity index (χ0v) is 25.9. The van der Waals surface area contributed by atoms with Gasteiger partial charge in [-0.2, -0.15) is 0 Å². The fraction of sp³-hybridized carbons (Fsp3) is 0.229. The highest BCUT2D eigenvalue weighted by Gasteiger charge is 2.36. The summed E-state index contributed by atoms with van der Waals surface area (Å²) in [7, 11) is 1.56. The minimum Gasteiger partial charge on any atom is -0.493 e. The van der Waals surface area contributed by atoms with E-state index in [1.54, 1.807) is 31.6 Å². The van der Waals surface area contributed by atoms with Crippen LogP contribution in [0, 0.1) is 0 Å². The summed E-state index contributed by atoms with van der Waals surface area (Å²) < 4.78 is 21.4. The third-order valence-electron chi connectivity index (χ3n) is 7.63. The number of thiazole rings is 1. The molecule has 0 bridgehead atoms. The van der Waals surface area contributed by atoms with Gasteiger partial charge in [0.25, 0.3) is 5.56 Å². The van der Waals surface area contributed by atoms with Gasteiger partial charge in [-0.25, -0.2) is 9.79 Å². The number of aromatic nitrogens is 2. The van der Waals surface area contributed by atoms with Crippen molar-refractivity contribution in [1.82, 2.24) is 9.13 Å². The van der Waals surface area contributed by atoms with Gasteiger partial charge in [-0.05, 0) is 44.5 Å². The molecule has 1 aliphatic heterocycles. The Bertz CT molecular complexity index is 2070. The number of esters is 1. The van der Waals surface area contributed by atoms with Crippen LogP contribution in [0.2, 0.25) is 0 Å². The van der Waals surface area contributed by atoms with Gasteiger partial charge in [-0.1, -0.05) is 72.0 Å². The van der Waals surface area contributed by atoms with E-state index >= 15 is 0 Å². The van der Waals surface area contributed by atoms with Gasteiger partial charge in [0.05, 0.1) is 36.1 Å². The second-order valence-electron chi connectivity index (χ2n) is 10.3. The van der Waals surface area contributed by atoms with Crippen LogP contribution in [0.15, 0.2) is 100 Å². The van der Waals surface area contributed by atoms with E-state index in [2.05, 4.69) is 35.0 Å². The highest BCUT2D eigenvalue weighted by Crippen LogP contribution is 2.40. The topological polar surface area (TPSA) is 84.1 Å². The first-order valence-corrected chi connectivity index (χ1v) is 15.4. The number of allylic oxidation sites excluding steroid dienone is 1. The number of methoxy groups -OCH3 is 1. The molecule has 8 nitrogen and oxygen atoms in total. The number of nitrogens with zero attached hydrogens (tertiary/aromatic N) is 3. The molecule has 224 valence electrons. The molecule has 0 radical (unpaired) electrons. The molecule has 1 aliphatic rings. The maximum atomic E-state index is 14.3. The SMILES string of the molecule is CCOC(=O)C1=C(C)N=c2s/c(=C/c3cn(Cc4ccccc4)c4ccccc34)c(=O)n2[C@H]1c1cccc(OC)c1OCC. The molecule has 44 heavy (non-hydrogen) atoms. The van der Waals surface area contributed by atoms with Crippen LogP contribution in [0.1, 0.15) is 43.5 Å². The molecule has 9 heteroatoms. The van der Waals surface area contributed by atoms with Gasteiger partial charge < -0.3 is 18.8 Å². The van der Waals surface area contributed by atoms with Gasteiger partial charge in [-0.15, -0.1) is 0 Å². The fourth-order valence-electron chi connectivity index (χ4n) is 5.74. The molecule has 1 atom stereocenters. The summed E-state index contributed by atoms with van der Waals surface area (Å²) in [5.41, 5.74) is 4.34. The number of hydrogen-bond donors (Lipinski definition) is 0. The van der Waals surface area contributed by atoms with Crippen LogP contribution in [0.4, 0.5) is 0 Å². The van der Waals surface area contributed by atoms with Crippen LogP contribution in [-0.2, 0) is 16.1 Å². The summed E-state index contributed by atoms with van der Waals surface area (Å²) in [5, 5.41) is 1.04. The molecule has 0 aliphatic carbocycles. The molecule has 0 spiro atoms. The number of fused-ring (bicyclic) bond motifs is 2. The van der Waals surface area contributed by atoms with E-state index in [1.165, 1.54) is 16.9 Å². The van der Waals surface area contributed by atoms with Crippen LogP contribution in [0.3, 0.4) is 0 Å². The van der Waals surface area contributed by atoms with Crippen molar-refractivity contribution < 1.29 is 19.0 Å². The quantitative estimate of drug-likeness (QED) is 0.215. The predicted octanol–water partition coefficient (Wildman–Crippen LogP) is 5.21. The Kier molecular flexibility index (Phi) is 8.21.